The fourth-order valence-corrected chi connectivity index (χ4v) is 0.932. The molecule has 0 radical (unpaired) electrons. The number of aromatic amines is 2. The first-order valence-electron chi connectivity index (χ1n) is 3.51. The maximum Gasteiger partial charge on any atom is 0.439 e. The number of hydrogen-bond acceptors (Lipinski definition) is 4. The van der Waals surface area contributed by atoms with Gasteiger partial charge in [-0.15, -0.1) is 0 Å². The number of rotatable bonds is 1. The molecule has 2 N–H and O–H groups in total. The highest BCUT2D eigenvalue weighted by molar-refractivity contribution is 5.46. The Labute approximate surface area is 71.2 Å². The molecule has 2 heterocycles. The molecule has 6 nitrogen and oxygen atoms in total. The summed E-state index contributed by atoms with van der Waals surface area (Å²) in [6, 6.07) is 4.53. The highest BCUT2D eigenvalue weighted by atomic mass is 16.5. The molecule has 2 rings (SSSR count). The Morgan fingerprint density at radius 2 is 2.08 bits per heavy atom. The minimum absolute atomic E-state index is 0.211. The van der Waals surface area contributed by atoms with Crippen LogP contribution in [0.4, 0.5) is 0 Å². The van der Waals surface area contributed by atoms with Crippen molar-refractivity contribution in [1.82, 2.24) is 15.1 Å². The quantitative estimate of drug-likeness (QED) is 0.629. The SMILES string of the molecule is O=c1cccc(-c2noc(=O)[nH]2)[nH]1. The first-order chi connectivity index (χ1) is 6.25. The van der Waals surface area contributed by atoms with E-state index in [0.29, 0.717) is 5.69 Å². The third kappa shape index (κ3) is 1.41. The van der Waals surface area contributed by atoms with Crippen LogP contribution in [0.2, 0.25) is 0 Å². The molecule has 0 fully saturated rings. The fourth-order valence-electron chi connectivity index (χ4n) is 0.932. The second-order valence-electron chi connectivity index (χ2n) is 2.37. The van der Waals surface area contributed by atoms with E-state index in [2.05, 4.69) is 19.6 Å². The van der Waals surface area contributed by atoms with Gasteiger partial charge in [0.25, 0.3) is 0 Å². The summed E-state index contributed by atoms with van der Waals surface area (Å²) >= 11 is 0. The molecule has 0 unspecified atom stereocenters. The van der Waals surface area contributed by atoms with Gasteiger partial charge in [0.2, 0.25) is 5.56 Å². The van der Waals surface area contributed by atoms with Gasteiger partial charge in [0.05, 0.1) is 5.69 Å². The van der Waals surface area contributed by atoms with Gasteiger partial charge in [-0.2, -0.15) is 0 Å². The summed E-state index contributed by atoms with van der Waals surface area (Å²) in [6.45, 7) is 0. The van der Waals surface area contributed by atoms with Crippen LogP contribution in [0.3, 0.4) is 0 Å². The second kappa shape index (κ2) is 2.74. The van der Waals surface area contributed by atoms with E-state index in [-0.39, 0.29) is 11.4 Å². The lowest BCUT2D eigenvalue weighted by Crippen LogP contribution is -2.04. The Hall–Kier alpha value is -2.11. The van der Waals surface area contributed by atoms with Gasteiger partial charge in [0.1, 0.15) is 0 Å². The third-order valence-electron chi connectivity index (χ3n) is 1.46. The molecular weight excluding hydrogens is 174 g/mol. The smallest absolute Gasteiger partial charge is 0.319 e. The Morgan fingerprint density at radius 3 is 2.69 bits per heavy atom. The van der Waals surface area contributed by atoms with Crippen LogP contribution in [0.25, 0.3) is 11.5 Å². The molecule has 2 aromatic rings. The Bertz CT molecular complexity index is 522. The van der Waals surface area contributed by atoms with Crippen LogP contribution in [0.15, 0.2) is 32.3 Å². The third-order valence-corrected chi connectivity index (χ3v) is 1.46. The summed E-state index contributed by atoms with van der Waals surface area (Å²) < 4.78 is 4.28. The van der Waals surface area contributed by atoms with Crippen LogP contribution in [-0.4, -0.2) is 15.1 Å². The summed E-state index contributed by atoms with van der Waals surface area (Å²) in [5, 5.41) is 3.41. The van der Waals surface area contributed by atoms with Gasteiger partial charge in [0, 0.05) is 6.07 Å². The first-order valence-corrected chi connectivity index (χ1v) is 3.51. The van der Waals surface area contributed by atoms with Crippen molar-refractivity contribution < 1.29 is 4.52 Å². The van der Waals surface area contributed by atoms with Crippen molar-refractivity contribution in [3.8, 4) is 11.5 Å². The van der Waals surface area contributed by atoms with E-state index in [1.807, 2.05) is 0 Å². The standard InChI is InChI=1S/C7H5N3O3/c11-5-3-1-2-4(8-5)6-9-7(12)13-10-6/h1-3H,(H,8,11)(H,9,10,12). The maximum atomic E-state index is 10.9. The van der Waals surface area contributed by atoms with E-state index >= 15 is 0 Å². The van der Waals surface area contributed by atoms with E-state index in [1.54, 1.807) is 12.1 Å². The average Bonchev–Trinajstić information content (AvgIpc) is 2.52. The highest BCUT2D eigenvalue weighted by Crippen LogP contribution is 2.05. The van der Waals surface area contributed by atoms with E-state index in [4.69, 9.17) is 0 Å². The molecular formula is C7H5N3O3. The Morgan fingerprint density at radius 1 is 1.23 bits per heavy atom. The summed E-state index contributed by atoms with van der Waals surface area (Å²) in [5.41, 5.74) is 0.152. The monoisotopic (exact) mass is 179 g/mol. The van der Waals surface area contributed by atoms with Crippen molar-refractivity contribution in [1.29, 1.82) is 0 Å². The molecule has 0 aromatic carbocycles. The van der Waals surface area contributed by atoms with E-state index < -0.39 is 5.76 Å². The summed E-state index contributed by atoms with van der Waals surface area (Å²) in [5.74, 6) is -0.442. The maximum absolute atomic E-state index is 10.9. The molecule has 2 aromatic heterocycles. The largest absolute Gasteiger partial charge is 0.439 e. The molecule has 0 aliphatic rings. The topological polar surface area (TPSA) is 91.8 Å². The molecule has 0 saturated carbocycles. The summed E-state index contributed by atoms with van der Waals surface area (Å²) in [7, 11) is 0. The normalized spacial score (nSPS) is 10.2. The van der Waals surface area contributed by atoms with Gasteiger partial charge in [-0.3, -0.25) is 14.3 Å². The van der Waals surface area contributed by atoms with Crippen LogP contribution in [-0.2, 0) is 0 Å². The zero-order valence-corrected chi connectivity index (χ0v) is 6.40. The molecule has 0 amide bonds. The number of pyridine rings is 1. The van der Waals surface area contributed by atoms with Crippen molar-refractivity contribution in [2.75, 3.05) is 0 Å². The van der Waals surface area contributed by atoms with Crippen molar-refractivity contribution in [3.63, 3.8) is 0 Å². The number of H-pyrrole nitrogens is 2. The lowest BCUT2D eigenvalue weighted by Gasteiger charge is -1.91. The van der Waals surface area contributed by atoms with Crippen molar-refractivity contribution in [2.24, 2.45) is 0 Å². The van der Waals surface area contributed by atoms with Gasteiger partial charge in [0.15, 0.2) is 5.82 Å². The van der Waals surface area contributed by atoms with Crippen molar-refractivity contribution in [2.45, 2.75) is 0 Å². The predicted molar refractivity (Wildman–Crippen MR) is 43.2 cm³/mol. The van der Waals surface area contributed by atoms with Crippen LogP contribution in [0.1, 0.15) is 0 Å². The minimum Gasteiger partial charge on any atom is -0.319 e. The van der Waals surface area contributed by atoms with Gasteiger partial charge in [-0.05, 0) is 6.07 Å². The number of nitrogens with one attached hydrogen (secondary N) is 2. The number of nitrogens with zero attached hydrogens (tertiary/aromatic N) is 1. The summed E-state index contributed by atoms with van der Waals surface area (Å²) in [4.78, 5) is 26.2. The lowest BCUT2D eigenvalue weighted by atomic mass is 10.3. The highest BCUT2D eigenvalue weighted by Gasteiger charge is 2.03. The predicted octanol–water partition coefficient (Wildman–Crippen LogP) is -0.282. The molecule has 13 heavy (non-hydrogen) atoms. The molecule has 0 atom stereocenters. The van der Waals surface area contributed by atoms with E-state index in [0.717, 1.165) is 0 Å². The molecule has 0 spiro atoms. The molecule has 0 aliphatic carbocycles. The number of hydrogen-bond donors (Lipinski definition) is 2. The summed E-state index contributed by atoms with van der Waals surface area (Å²) in [6.07, 6.45) is 0. The molecule has 0 bridgehead atoms. The first kappa shape index (κ1) is 7.53. The zero-order chi connectivity index (χ0) is 9.26. The zero-order valence-electron chi connectivity index (χ0n) is 6.40. The fraction of sp³-hybridized carbons (Fsp3) is 0. The molecule has 6 heteroatoms. The van der Waals surface area contributed by atoms with Gasteiger partial charge >= 0.3 is 5.76 Å². The second-order valence-corrected chi connectivity index (χ2v) is 2.37. The average molecular weight is 179 g/mol. The van der Waals surface area contributed by atoms with Crippen molar-refractivity contribution >= 4 is 0 Å². The molecule has 66 valence electrons. The van der Waals surface area contributed by atoms with E-state index in [9.17, 15) is 9.59 Å². The Balaban J connectivity index is 2.58. The van der Waals surface area contributed by atoms with Crippen LogP contribution in [0.5, 0.6) is 0 Å². The van der Waals surface area contributed by atoms with Crippen LogP contribution in [0, 0.1) is 0 Å². The minimum atomic E-state index is -0.653. The van der Waals surface area contributed by atoms with Gasteiger partial charge in [-0.1, -0.05) is 11.2 Å². The van der Waals surface area contributed by atoms with Crippen LogP contribution < -0.4 is 11.3 Å². The van der Waals surface area contributed by atoms with Gasteiger partial charge in [-0.25, -0.2) is 4.79 Å². The molecule has 0 aliphatic heterocycles. The lowest BCUT2D eigenvalue weighted by molar-refractivity contribution is 0.387. The van der Waals surface area contributed by atoms with Crippen molar-refractivity contribution in [3.05, 3.63) is 39.1 Å². The molecule has 0 saturated heterocycles. The van der Waals surface area contributed by atoms with E-state index in [1.165, 1.54) is 6.07 Å². The Kier molecular flexibility index (Phi) is 1.59. The van der Waals surface area contributed by atoms with Crippen LogP contribution >= 0.6 is 0 Å². The van der Waals surface area contributed by atoms with Gasteiger partial charge < -0.3 is 4.98 Å². The number of aromatic nitrogens is 3.